The Balaban J connectivity index is 0.00000184. The molecule has 0 aliphatic heterocycles. The molecule has 1 rings (SSSR count). The molecule has 0 aliphatic carbocycles. The summed E-state index contributed by atoms with van der Waals surface area (Å²) in [5, 5.41) is 7.60. The number of benzene rings is 1. The Hall–Kier alpha value is -2.63. The quantitative estimate of drug-likeness (QED) is 0.231. The average Bonchev–Trinajstić information content (AvgIpc) is 2.84. The van der Waals surface area contributed by atoms with Gasteiger partial charge in [0.05, 0.1) is 24.3 Å². The second-order valence-electron chi connectivity index (χ2n) is 8.12. The third kappa shape index (κ3) is 13.5. The van der Waals surface area contributed by atoms with Gasteiger partial charge in [0.15, 0.2) is 0 Å². The maximum Gasteiger partial charge on any atom is 0.339 e. The van der Waals surface area contributed by atoms with Crippen LogP contribution in [-0.4, -0.2) is 36.2 Å². The van der Waals surface area contributed by atoms with Crippen LogP contribution in [0.1, 0.15) is 99.8 Å². The van der Waals surface area contributed by atoms with Crippen molar-refractivity contribution < 1.29 is 29.0 Å². The number of carbonyl (C=O) groups excluding carboxylic acids is 2. The Morgan fingerprint density at radius 3 is 1.48 bits per heavy atom. The molecule has 0 saturated heterocycles. The zero-order chi connectivity index (χ0) is 25.1. The topological polar surface area (TPSA) is 89.9 Å². The van der Waals surface area contributed by atoms with E-state index in [1.807, 2.05) is 0 Å². The molecule has 0 spiro atoms. The molecule has 6 nitrogen and oxygen atoms in total. The van der Waals surface area contributed by atoms with Crippen molar-refractivity contribution in [1.29, 1.82) is 0 Å². The summed E-state index contributed by atoms with van der Waals surface area (Å²) in [5.74, 6) is -1.13. The van der Waals surface area contributed by atoms with Crippen molar-refractivity contribution >= 4 is 17.9 Å². The first-order valence-electron chi connectivity index (χ1n) is 12.1. The molecule has 2 unspecified atom stereocenters. The molecule has 0 saturated carbocycles. The molecule has 2 atom stereocenters. The predicted molar refractivity (Wildman–Crippen MR) is 131 cm³/mol. The molecule has 186 valence electrons. The maximum atomic E-state index is 12.6. The van der Waals surface area contributed by atoms with Crippen LogP contribution in [-0.2, 0) is 14.3 Å². The highest BCUT2D eigenvalue weighted by molar-refractivity contribution is 6.03. The number of carboxylic acids is 1. The molecular weight excluding hydrogens is 420 g/mol. The first kappa shape index (κ1) is 30.4. The third-order valence-corrected chi connectivity index (χ3v) is 5.53. The van der Waals surface area contributed by atoms with E-state index in [2.05, 4.69) is 34.3 Å². The van der Waals surface area contributed by atoms with E-state index in [1.54, 1.807) is 24.3 Å². The first-order chi connectivity index (χ1) is 15.8. The Labute approximate surface area is 199 Å². The number of unbranched alkanes of at least 4 members (excludes halogenated alkanes) is 2. The van der Waals surface area contributed by atoms with Crippen LogP contribution in [0.4, 0.5) is 0 Å². The summed E-state index contributed by atoms with van der Waals surface area (Å²) in [6, 6.07) is 6.77. The van der Waals surface area contributed by atoms with E-state index in [1.165, 1.54) is 0 Å². The fourth-order valence-corrected chi connectivity index (χ4v) is 3.18. The zero-order valence-corrected chi connectivity index (χ0v) is 20.8. The fourth-order valence-electron chi connectivity index (χ4n) is 3.18. The Bertz CT molecular complexity index is 661. The molecule has 0 heterocycles. The Kier molecular flexibility index (Phi) is 17.4. The van der Waals surface area contributed by atoms with Crippen molar-refractivity contribution in [3.63, 3.8) is 0 Å². The average molecular weight is 463 g/mol. The summed E-state index contributed by atoms with van der Waals surface area (Å²) in [6.07, 6.45) is 9.44. The number of carbonyl (C=O) groups is 3. The van der Waals surface area contributed by atoms with Crippen LogP contribution in [0.25, 0.3) is 0 Å². The Morgan fingerprint density at radius 1 is 0.848 bits per heavy atom. The van der Waals surface area contributed by atoms with Gasteiger partial charge in [0.1, 0.15) is 0 Å². The fraction of sp³-hybridized carbons (Fsp3) is 0.593. The normalized spacial score (nSPS) is 12.0. The zero-order valence-electron chi connectivity index (χ0n) is 20.8. The lowest BCUT2D eigenvalue weighted by Gasteiger charge is -2.17. The minimum atomic E-state index is -0.981. The van der Waals surface area contributed by atoms with Gasteiger partial charge >= 0.3 is 17.9 Å². The van der Waals surface area contributed by atoms with Crippen LogP contribution >= 0.6 is 0 Å². The summed E-state index contributed by atoms with van der Waals surface area (Å²) in [4.78, 5) is 34.4. The minimum absolute atomic E-state index is 0.291. The number of hydrogen-bond donors (Lipinski definition) is 1. The van der Waals surface area contributed by atoms with E-state index in [-0.39, 0.29) is 0 Å². The smallest absolute Gasteiger partial charge is 0.339 e. The van der Waals surface area contributed by atoms with Gasteiger partial charge in [-0.05, 0) is 36.8 Å². The van der Waals surface area contributed by atoms with Crippen molar-refractivity contribution in [2.45, 2.75) is 79.1 Å². The highest BCUT2D eigenvalue weighted by Crippen LogP contribution is 2.18. The van der Waals surface area contributed by atoms with Gasteiger partial charge in [-0.1, -0.05) is 84.9 Å². The number of esters is 2. The number of ether oxygens (including phenoxy) is 2. The van der Waals surface area contributed by atoms with E-state index in [9.17, 15) is 14.4 Å². The third-order valence-electron chi connectivity index (χ3n) is 5.53. The monoisotopic (exact) mass is 462 g/mol. The van der Waals surface area contributed by atoms with E-state index >= 15 is 0 Å². The lowest BCUT2D eigenvalue weighted by atomic mass is 10.0. The second-order valence-corrected chi connectivity index (χ2v) is 8.12. The lowest BCUT2D eigenvalue weighted by Crippen LogP contribution is -2.19. The molecule has 1 aromatic carbocycles. The predicted octanol–water partition coefficient (Wildman–Crippen LogP) is 6.69. The van der Waals surface area contributed by atoms with E-state index in [4.69, 9.17) is 14.6 Å². The standard InChI is InChI=1S/C24H38O4.C3H4O2/c1-5-9-13-19(7-3)17-27-23(25)21-15-11-12-16-22(21)24(26)28-18-20(8-4)14-10-6-2;1-2-3(4)5/h11-12,15-16,19-20H,5-10,13-14,17-18H2,1-4H3;2H,1H2,(H,4,5). The molecule has 1 N–H and O–H groups in total. The van der Waals surface area contributed by atoms with Crippen LogP contribution in [0.5, 0.6) is 0 Å². The summed E-state index contributed by atoms with van der Waals surface area (Å²) >= 11 is 0. The second kappa shape index (κ2) is 18.9. The molecule has 0 radical (unpaired) electrons. The minimum Gasteiger partial charge on any atom is -0.478 e. The number of aliphatic carboxylic acids is 1. The molecule has 0 bridgehead atoms. The molecular formula is C27H42O6. The van der Waals surface area contributed by atoms with Crippen LogP contribution in [0.15, 0.2) is 36.9 Å². The van der Waals surface area contributed by atoms with E-state index in [0.29, 0.717) is 36.2 Å². The largest absolute Gasteiger partial charge is 0.478 e. The molecule has 6 heteroatoms. The van der Waals surface area contributed by atoms with Crippen LogP contribution in [0, 0.1) is 11.8 Å². The molecule has 0 amide bonds. The Morgan fingerprint density at radius 2 is 1.21 bits per heavy atom. The molecule has 0 aliphatic rings. The highest BCUT2D eigenvalue weighted by atomic mass is 16.5. The summed E-state index contributed by atoms with van der Waals surface area (Å²) < 4.78 is 11.0. The van der Waals surface area contributed by atoms with Gasteiger partial charge in [-0.3, -0.25) is 0 Å². The molecule has 33 heavy (non-hydrogen) atoms. The lowest BCUT2D eigenvalue weighted by molar-refractivity contribution is -0.131. The van der Waals surface area contributed by atoms with Gasteiger partial charge in [-0.15, -0.1) is 0 Å². The van der Waals surface area contributed by atoms with Gasteiger partial charge in [0.2, 0.25) is 0 Å². The summed E-state index contributed by atoms with van der Waals surface area (Å²) in [5.41, 5.74) is 0.582. The highest BCUT2D eigenvalue weighted by Gasteiger charge is 2.21. The van der Waals surface area contributed by atoms with Gasteiger partial charge in [-0.25, -0.2) is 14.4 Å². The summed E-state index contributed by atoms with van der Waals surface area (Å²) in [6.45, 7) is 12.3. The van der Waals surface area contributed by atoms with Gasteiger partial charge < -0.3 is 14.6 Å². The number of rotatable bonds is 15. The van der Waals surface area contributed by atoms with Crippen molar-refractivity contribution in [2.24, 2.45) is 11.8 Å². The van der Waals surface area contributed by atoms with Gasteiger partial charge in [0, 0.05) is 6.08 Å². The number of hydrogen-bond acceptors (Lipinski definition) is 5. The molecule has 0 aromatic heterocycles. The van der Waals surface area contributed by atoms with Crippen molar-refractivity contribution in [3.8, 4) is 0 Å². The van der Waals surface area contributed by atoms with Crippen molar-refractivity contribution in [3.05, 3.63) is 48.0 Å². The van der Waals surface area contributed by atoms with E-state index in [0.717, 1.165) is 57.4 Å². The van der Waals surface area contributed by atoms with Crippen LogP contribution in [0.2, 0.25) is 0 Å². The van der Waals surface area contributed by atoms with Gasteiger partial charge in [0.25, 0.3) is 0 Å². The molecule has 0 fully saturated rings. The van der Waals surface area contributed by atoms with Crippen molar-refractivity contribution in [1.82, 2.24) is 0 Å². The van der Waals surface area contributed by atoms with Crippen LogP contribution in [0.3, 0.4) is 0 Å². The molecule has 1 aromatic rings. The maximum absolute atomic E-state index is 12.6. The van der Waals surface area contributed by atoms with Gasteiger partial charge in [-0.2, -0.15) is 0 Å². The summed E-state index contributed by atoms with van der Waals surface area (Å²) in [7, 11) is 0. The van der Waals surface area contributed by atoms with Crippen LogP contribution < -0.4 is 0 Å². The van der Waals surface area contributed by atoms with E-state index < -0.39 is 17.9 Å². The first-order valence-corrected chi connectivity index (χ1v) is 12.1. The number of carboxylic acid groups (broad SMARTS) is 1. The SMILES string of the molecule is C=CC(=O)O.CCCCC(CC)COC(=O)c1ccccc1C(=O)OCC(CC)CCCC. The van der Waals surface area contributed by atoms with Crippen molar-refractivity contribution in [2.75, 3.05) is 13.2 Å².